The lowest BCUT2D eigenvalue weighted by molar-refractivity contribution is -0.136. The number of guanidine groups is 1. The Labute approximate surface area is 393 Å². The van der Waals surface area contributed by atoms with Crippen LogP contribution in [0.2, 0.25) is 0 Å². The number of rotatable bonds is 30. The minimum atomic E-state index is -1.22. The molecule has 0 bridgehead atoms. The number of hydrogen-bond donors (Lipinski definition) is 13. The number of nitrogens with two attached hydrogens (primary N) is 5. The monoisotopic (exact) mass is 941 g/mol. The topological polar surface area (TPSA) is 379 Å². The number of nitrogens with one attached hydrogen (secondary N) is 8. The molecular formula is C45H76N14O8. The van der Waals surface area contributed by atoms with Crippen LogP contribution in [0.5, 0.6) is 0 Å². The number of H-pyrrole nitrogens is 1. The van der Waals surface area contributed by atoms with Gasteiger partial charge in [0.15, 0.2) is 5.96 Å². The molecule has 2 rings (SSSR count). The highest BCUT2D eigenvalue weighted by Crippen LogP contribution is 2.19. The maximum atomic E-state index is 14.1. The minimum Gasteiger partial charge on any atom is -0.370 e. The van der Waals surface area contributed by atoms with Gasteiger partial charge in [0.1, 0.15) is 36.3 Å². The molecule has 2 aromatic rings. The van der Waals surface area contributed by atoms with Crippen LogP contribution in [0.3, 0.4) is 0 Å². The van der Waals surface area contributed by atoms with Gasteiger partial charge in [0, 0.05) is 30.1 Å². The fraction of sp³-hybridized carbons (Fsp3) is 0.622. The zero-order chi connectivity index (χ0) is 50.4. The molecule has 0 spiro atoms. The zero-order valence-corrected chi connectivity index (χ0v) is 40.0. The van der Waals surface area contributed by atoms with E-state index in [4.69, 9.17) is 28.7 Å². The molecule has 374 valence electrons. The van der Waals surface area contributed by atoms with Crippen molar-refractivity contribution in [3.05, 3.63) is 36.0 Å². The van der Waals surface area contributed by atoms with E-state index in [0.29, 0.717) is 25.8 Å². The molecule has 22 heteroatoms. The highest BCUT2D eigenvalue weighted by molar-refractivity contribution is 5.97. The summed E-state index contributed by atoms with van der Waals surface area (Å²) in [5.41, 5.74) is 30.0. The summed E-state index contributed by atoms with van der Waals surface area (Å²) in [5.74, 6) is -6.28. The molecule has 0 radical (unpaired) electrons. The summed E-state index contributed by atoms with van der Waals surface area (Å²) in [6.45, 7) is 12.2. The number of primary amides is 1. The van der Waals surface area contributed by atoms with Crippen molar-refractivity contribution in [1.29, 1.82) is 0 Å². The first-order valence-corrected chi connectivity index (χ1v) is 23.0. The van der Waals surface area contributed by atoms with Crippen LogP contribution in [-0.4, -0.2) is 120 Å². The number of aliphatic imine (C=N–C) groups is 1. The summed E-state index contributed by atoms with van der Waals surface area (Å²) in [7, 11) is 0. The van der Waals surface area contributed by atoms with E-state index in [1.54, 1.807) is 27.0 Å². The SMILES string of the molecule is CC[C@@H](C)[C@@H](NC(=O)CNC(=O)[C@@H](C)NC(=O)[C@@H](N)C(C)C)C(=O)N[C@H](CC(C)C)C(=O)N[C@H](CCCCN)C(=O)N[C@H](CCCN=C(N)N)C(=O)N[C@H](Cc1c[nH]c2ccccc12)C(N)=O. The predicted molar refractivity (Wildman–Crippen MR) is 256 cm³/mol. The third kappa shape index (κ3) is 19.6. The Morgan fingerprint density at radius 1 is 0.687 bits per heavy atom. The second-order valence-corrected chi connectivity index (χ2v) is 17.7. The van der Waals surface area contributed by atoms with Gasteiger partial charge in [-0.3, -0.25) is 43.3 Å². The maximum absolute atomic E-state index is 14.1. The molecule has 1 aromatic carbocycles. The molecule has 0 unspecified atom stereocenters. The van der Waals surface area contributed by atoms with Gasteiger partial charge >= 0.3 is 0 Å². The first-order valence-electron chi connectivity index (χ1n) is 23.0. The molecule has 18 N–H and O–H groups in total. The van der Waals surface area contributed by atoms with E-state index in [1.807, 2.05) is 45.0 Å². The number of nitrogens with zero attached hydrogens (tertiary/aromatic N) is 1. The summed E-state index contributed by atoms with van der Waals surface area (Å²) in [6.07, 6.45) is 3.73. The normalized spacial score (nSPS) is 14.9. The van der Waals surface area contributed by atoms with Crippen molar-refractivity contribution in [2.75, 3.05) is 19.6 Å². The van der Waals surface area contributed by atoms with Gasteiger partial charge in [-0.05, 0) is 81.4 Å². The number of carbonyl (C=O) groups is 8. The molecule has 0 saturated heterocycles. The van der Waals surface area contributed by atoms with Crippen molar-refractivity contribution in [1.82, 2.24) is 42.2 Å². The molecule has 0 saturated carbocycles. The highest BCUT2D eigenvalue weighted by atomic mass is 16.2. The fourth-order valence-corrected chi connectivity index (χ4v) is 6.98. The third-order valence-corrected chi connectivity index (χ3v) is 11.3. The van der Waals surface area contributed by atoms with E-state index in [-0.39, 0.29) is 56.4 Å². The Balaban J connectivity index is 2.29. The largest absolute Gasteiger partial charge is 0.370 e. The predicted octanol–water partition coefficient (Wildman–Crippen LogP) is -1.50. The molecule has 0 aliphatic carbocycles. The van der Waals surface area contributed by atoms with Crippen molar-refractivity contribution in [2.24, 2.45) is 51.4 Å². The van der Waals surface area contributed by atoms with E-state index >= 15 is 0 Å². The molecule has 0 fully saturated rings. The molecule has 1 heterocycles. The van der Waals surface area contributed by atoms with E-state index in [1.165, 1.54) is 6.92 Å². The van der Waals surface area contributed by atoms with Gasteiger partial charge in [-0.25, -0.2) is 0 Å². The van der Waals surface area contributed by atoms with Gasteiger partial charge in [-0.2, -0.15) is 0 Å². The van der Waals surface area contributed by atoms with Crippen molar-refractivity contribution in [3.63, 3.8) is 0 Å². The number of carbonyl (C=O) groups excluding carboxylic acids is 8. The summed E-state index contributed by atoms with van der Waals surface area (Å²) >= 11 is 0. The lowest BCUT2D eigenvalue weighted by Gasteiger charge is -2.29. The molecule has 67 heavy (non-hydrogen) atoms. The summed E-state index contributed by atoms with van der Waals surface area (Å²) < 4.78 is 0. The number of para-hydroxylation sites is 1. The van der Waals surface area contributed by atoms with Crippen LogP contribution < -0.4 is 65.9 Å². The quantitative estimate of drug-likeness (QED) is 0.0242. The standard InChI is InChI=1S/C45H76N14O8/c1-8-26(6)37(59-35(60)23-53-39(62)27(7)54-43(66)36(47)25(4)5)44(67)58-34(20-24(2)3)42(65)56-31(16-11-12-18-46)40(63)55-32(17-13-19-51-45(49)50)41(64)57-33(38(48)61)21-28-22-52-30-15-10-9-14-29(28)30/h9-10,14-15,22,24-27,31-34,36-37,52H,8,11-13,16-21,23,46-47H2,1-7H3,(H2,48,61)(H,53,62)(H,54,66)(H,55,63)(H,56,65)(H,57,64)(H,58,67)(H,59,60)(H4,49,50,51)/t26-,27-,31-,32-,33-,34-,36+,37-/m1/s1. The van der Waals surface area contributed by atoms with Crippen molar-refractivity contribution >= 4 is 64.1 Å². The molecule has 22 nitrogen and oxygen atoms in total. The molecule has 1 aromatic heterocycles. The number of hydrogen-bond acceptors (Lipinski definition) is 11. The smallest absolute Gasteiger partial charge is 0.243 e. The lowest BCUT2D eigenvalue weighted by Crippen LogP contribution is -2.60. The van der Waals surface area contributed by atoms with Crippen LogP contribution in [-0.2, 0) is 44.8 Å². The van der Waals surface area contributed by atoms with Gasteiger partial charge in [-0.15, -0.1) is 0 Å². The van der Waals surface area contributed by atoms with Gasteiger partial charge in [0.2, 0.25) is 47.3 Å². The molecule has 0 aliphatic heterocycles. The lowest BCUT2D eigenvalue weighted by atomic mass is 9.96. The second-order valence-electron chi connectivity index (χ2n) is 17.7. The first-order chi connectivity index (χ1) is 31.6. The number of fused-ring (bicyclic) bond motifs is 1. The van der Waals surface area contributed by atoms with Gasteiger partial charge in [-0.1, -0.05) is 66.2 Å². The number of aromatic nitrogens is 1. The van der Waals surface area contributed by atoms with Crippen LogP contribution in [0.25, 0.3) is 10.9 Å². The van der Waals surface area contributed by atoms with E-state index in [2.05, 4.69) is 47.2 Å². The van der Waals surface area contributed by atoms with Gasteiger partial charge in [0.05, 0.1) is 12.6 Å². The Hall–Kier alpha value is -6.29. The van der Waals surface area contributed by atoms with Crippen LogP contribution in [0, 0.1) is 17.8 Å². The number of unbranched alkanes of at least 4 members (excludes halogenated alkanes) is 1. The summed E-state index contributed by atoms with van der Waals surface area (Å²) in [4.78, 5) is 114. The van der Waals surface area contributed by atoms with Gasteiger partial charge in [0.25, 0.3) is 0 Å². The fourth-order valence-electron chi connectivity index (χ4n) is 6.98. The zero-order valence-electron chi connectivity index (χ0n) is 40.0. The molecular weight excluding hydrogens is 865 g/mol. The Morgan fingerprint density at radius 3 is 1.84 bits per heavy atom. The molecule has 8 atom stereocenters. The molecule has 8 amide bonds. The average Bonchev–Trinajstić information content (AvgIpc) is 3.68. The summed E-state index contributed by atoms with van der Waals surface area (Å²) in [6, 6.07) is -0.239. The van der Waals surface area contributed by atoms with E-state index in [0.717, 1.165) is 16.5 Å². The van der Waals surface area contributed by atoms with E-state index < -0.39 is 102 Å². The molecule has 0 aliphatic rings. The Kier molecular flexibility index (Phi) is 24.3. The van der Waals surface area contributed by atoms with Crippen LogP contribution in [0.4, 0.5) is 0 Å². The third-order valence-electron chi connectivity index (χ3n) is 11.3. The van der Waals surface area contributed by atoms with Crippen molar-refractivity contribution in [3.8, 4) is 0 Å². The minimum absolute atomic E-state index is 0.0391. The highest BCUT2D eigenvalue weighted by Gasteiger charge is 2.34. The van der Waals surface area contributed by atoms with Crippen molar-refractivity contribution < 1.29 is 38.4 Å². The Morgan fingerprint density at radius 2 is 1.27 bits per heavy atom. The van der Waals surface area contributed by atoms with Crippen LogP contribution >= 0.6 is 0 Å². The Bertz CT molecular complexity index is 2000. The van der Waals surface area contributed by atoms with Crippen LogP contribution in [0.1, 0.15) is 99.0 Å². The number of aromatic amines is 1. The second kappa shape index (κ2) is 28.7. The number of benzene rings is 1. The van der Waals surface area contributed by atoms with Crippen LogP contribution in [0.15, 0.2) is 35.5 Å². The summed E-state index contributed by atoms with van der Waals surface area (Å²) in [5, 5.41) is 19.4. The first kappa shape index (κ1) is 56.8. The van der Waals surface area contributed by atoms with Gasteiger partial charge < -0.3 is 70.9 Å². The van der Waals surface area contributed by atoms with Crippen molar-refractivity contribution in [2.45, 2.75) is 142 Å². The number of amides is 8. The van der Waals surface area contributed by atoms with E-state index in [9.17, 15) is 38.4 Å². The maximum Gasteiger partial charge on any atom is 0.243 e. The average molecular weight is 941 g/mol.